The highest BCUT2D eigenvalue weighted by Crippen LogP contribution is 2.39. The van der Waals surface area contributed by atoms with Gasteiger partial charge in [-0.3, -0.25) is 0 Å². The topological polar surface area (TPSA) is 40.5 Å². The van der Waals surface area contributed by atoms with Crippen LogP contribution in [0.5, 0.6) is 0 Å². The van der Waals surface area contributed by atoms with Gasteiger partial charge in [-0.25, -0.2) is 4.39 Å². The monoisotopic (exact) mass is 238 g/mol. The van der Waals surface area contributed by atoms with Crippen molar-refractivity contribution in [3.8, 4) is 0 Å². The first-order chi connectivity index (χ1) is 7.20. The molecule has 2 nitrogen and oxygen atoms in total. The fourth-order valence-electron chi connectivity index (χ4n) is 1.20. The Kier molecular flexibility index (Phi) is 3.25. The molecule has 0 saturated heterocycles. The molecule has 0 aromatic heterocycles. The van der Waals surface area contributed by atoms with Crippen LogP contribution in [0.15, 0.2) is 18.2 Å². The summed E-state index contributed by atoms with van der Waals surface area (Å²) in [6, 6.07) is 2.70. The summed E-state index contributed by atoms with van der Waals surface area (Å²) in [5.41, 5.74) is -3.97. The van der Waals surface area contributed by atoms with E-state index in [1.807, 2.05) is 0 Å². The molecule has 0 aliphatic rings. The normalized spacial score (nSPS) is 15.9. The molecule has 0 amide bonds. The van der Waals surface area contributed by atoms with Crippen LogP contribution in [-0.4, -0.2) is 16.4 Å². The fraction of sp³-hybridized carbons (Fsp3) is 0.400. The molecule has 0 heterocycles. The maximum atomic E-state index is 13.3. The summed E-state index contributed by atoms with van der Waals surface area (Å²) in [5, 5.41) is 17.9. The highest BCUT2D eigenvalue weighted by Gasteiger charge is 2.52. The van der Waals surface area contributed by atoms with Crippen LogP contribution in [0.25, 0.3) is 0 Å². The largest absolute Gasteiger partial charge is 0.421 e. The molecule has 0 aliphatic heterocycles. The Hall–Kier alpha value is -1.14. The average molecular weight is 238 g/mol. The Morgan fingerprint density at radius 2 is 1.81 bits per heavy atom. The molecule has 0 saturated carbocycles. The summed E-state index contributed by atoms with van der Waals surface area (Å²) >= 11 is 0. The maximum Gasteiger partial charge on any atom is 0.421 e. The van der Waals surface area contributed by atoms with Crippen LogP contribution in [0.1, 0.15) is 18.1 Å². The Bertz CT molecular complexity index is 385. The third-order valence-electron chi connectivity index (χ3n) is 2.29. The van der Waals surface area contributed by atoms with Crippen molar-refractivity contribution in [2.45, 2.75) is 25.3 Å². The zero-order valence-corrected chi connectivity index (χ0v) is 8.35. The Morgan fingerprint density at radius 3 is 2.19 bits per heavy atom. The van der Waals surface area contributed by atoms with E-state index in [0.717, 1.165) is 18.2 Å². The van der Waals surface area contributed by atoms with E-state index < -0.39 is 29.8 Å². The molecule has 1 aromatic carbocycles. The van der Waals surface area contributed by atoms with Crippen LogP contribution in [0.4, 0.5) is 17.6 Å². The van der Waals surface area contributed by atoms with Crippen molar-refractivity contribution in [1.29, 1.82) is 0 Å². The number of hydrogen-bond acceptors (Lipinski definition) is 2. The number of hydrogen-bond donors (Lipinski definition) is 2. The summed E-state index contributed by atoms with van der Waals surface area (Å²) in [7, 11) is 0. The van der Waals surface area contributed by atoms with E-state index in [-0.39, 0.29) is 5.56 Å². The summed E-state index contributed by atoms with van der Waals surface area (Å²) in [6.07, 6.45) is -4.96. The molecule has 1 unspecified atom stereocenters. The van der Waals surface area contributed by atoms with Gasteiger partial charge in [-0.15, -0.1) is 0 Å². The van der Waals surface area contributed by atoms with Crippen LogP contribution >= 0.6 is 0 Å². The summed E-state index contributed by atoms with van der Waals surface area (Å²) < 4.78 is 50.5. The number of benzene rings is 1. The second kappa shape index (κ2) is 4.03. The zero-order valence-electron chi connectivity index (χ0n) is 8.35. The first kappa shape index (κ1) is 12.9. The minimum Gasteiger partial charge on any atom is -0.392 e. The molecule has 0 fully saturated rings. The molecule has 2 N–H and O–H groups in total. The molecule has 0 radical (unpaired) electrons. The van der Waals surface area contributed by atoms with E-state index in [0.29, 0.717) is 6.92 Å². The molecule has 1 rings (SSSR count). The van der Waals surface area contributed by atoms with Crippen LogP contribution in [0.2, 0.25) is 0 Å². The lowest BCUT2D eigenvalue weighted by Gasteiger charge is -2.27. The van der Waals surface area contributed by atoms with Gasteiger partial charge in [0.15, 0.2) is 5.60 Å². The van der Waals surface area contributed by atoms with Crippen molar-refractivity contribution in [1.82, 2.24) is 0 Å². The number of halogens is 4. The molecule has 90 valence electrons. The second-order valence-corrected chi connectivity index (χ2v) is 3.54. The molecule has 6 heteroatoms. The lowest BCUT2D eigenvalue weighted by Crippen LogP contribution is -2.40. The van der Waals surface area contributed by atoms with E-state index in [1.165, 1.54) is 0 Å². The van der Waals surface area contributed by atoms with Crippen LogP contribution in [0, 0.1) is 5.82 Å². The van der Waals surface area contributed by atoms with Crippen LogP contribution in [-0.2, 0) is 12.2 Å². The first-order valence-corrected chi connectivity index (χ1v) is 4.39. The molecular formula is C10H10F4O2. The van der Waals surface area contributed by atoms with Gasteiger partial charge in [-0.2, -0.15) is 13.2 Å². The predicted molar refractivity (Wildman–Crippen MR) is 47.9 cm³/mol. The van der Waals surface area contributed by atoms with E-state index in [4.69, 9.17) is 5.11 Å². The van der Waals surface area contributed by atoms with Crippen LogP contribution < -0.4 is 0 Å². The van der Waals surface area contributed by atoms with Gasteiger partial charge in [0.25, 0.3) is 0 Å². The van der Waals surface area contributed by atoms with Gasteiger partial charge in [0.2, 0.25) is 0 Å². The third kappa shape index (κ3) is 2.17. The van der Waals surface area contributed by atoms with Gasteiger partial charge in [0.05, 0.1) is 6.61 Å². The predicted octanol–water partition coefficient (Wildman–Crippen LogP) is 2.09. The van der Waals surface area contributed by atoms with Crippen molar-refractivity contribution in [2.75, 3.05) is 0 Å². The number of rotatable bonds is 2. The molecule has 1 atom stereocenters. The minimum atomic E-state index is -4.96. The highest BCUT2D eigenvalue weighted by molar-refractivity contribution is 5.29. The van der Waals surface area contributed by atoms with Gasteiger partial charge < -0.3 is 10.2 Å². The molecule has 0 bridgehead atoms. The van der Waals surface area contributed by atoms with Crippen molar-refractivity contribution in [2.24, 2.45) is 0 Å². The van der Waals surface area contributed by atoms with Gasteiger partial charge in [-0.1, -0.05) is 12.1 Å². The van der Waals surface area contributed by atoms with Gasteiger partial charge >= 0.3 is 6.18 Å². The first-order valence-electron chi connectivity index (χ1n) is 4.39. The van der Waals surface area contributed by atoms with E-state index >= 15 is 0 Å². The standard InChI is InChI=1S/C10H10F4O2/c1-9(16,10(12,13)14)7-3-2-6(5-15)4-8(7)11/h2-4,15-16H,5H2,1H3. The van der Waals surface area contributed by atoms with Gasteiger partial charge in [-0.05, 0) is 18.6 Å². The summed E-state index contributed by atoms with van der Waals surface area (Å²) in [6.45, 7) is -0.00457. The van der Waals surface area contributed by atoms with Crippen molar-refractivity contribution < 1.29 is 27.8 Å². The van der Waals surface area contributed by atoms with Crippen molar-refractivity contribution in [3.05, 3.63) is 35.1 Å². The molecule has 16 heavy (non-hydrogen) atoms. The molecule has 1 aromatic rings. The summed E-state index contributed by atoms with van der Waals surface area (Å²) in [5.74, 6) is -1.20. The number of alkyl halides is 3. The third-order valence-corrected chi connectivity index (χ3v) is 2.29. The Morgan fingerprint density at radius 1 is 1.25 bits per heavy atom. The van der Waals surface area contributed by atoms with Gasteiger partial charge in [0, 0.05) is 5.56 Å². The quantitative estimate of drug-likeness (QED) is 0.774. The van der Waals surface area contributed by atoms with E-state index in [2.05, 4.69) is 0 Å². The Labute approximate surface area is 89.1 Å². The highest BCUT2D eigenvalue weighted by atomic mass is 19.4. The fourth-order valence-corrected chi connectivity index (χ4v) is 1.20. The average Bonchev–Trinajstić information content (AvgIpc) is 2.15. The lowest BCUT2D eigenvalue weighted by atomic mass is 9.94. The number of aliphatic hydroxyl groups is 2. The van der Waals surface area contributed by atoms with Crippen LogP contribution in [0.3, 0.4) is 0 Å². The second-order valence-electron chi connectivity index (χ2n) is 3.54. The Balaban J connectivity index is 3.24. The molecular weight excluding hydrogens is 228 g/mol. The van der Waals surface area contributed by atoms with E-state index in [9.17, 15) is 22.7 Å². The number of aliphatic hydroxyl groups excluding tert-OH is 1. The van der Waals surface area contributed by atoms with Gasteiger partial charge in [0.1, 0.15) is 5.82 Å². The van der Waals surface area contributed by atoms with Crippen molar-refractivity contribution in [3.63, 3.8) is 0 Å². The lowest BCUT2D eigenvalue weighted by molar-refractivity contribution is -0.259. The van der Waals surface area contributed by atoms with E-state index in [1.54, 1.807) is 0 Å². The maximum absolute atomic E-state index is 13.3. The molecule has 0 spiro atoms. The smallest absolute Gasteiger partial charge is 0.392 e. The summed E-state index contributed by atoms with van der Waals surface area (Å²) in [4.78, 5) is 0. The van der Waals surface area contributed by atoms with Crippen molar-refractivity contribution >= 4 is 0 Å². The minimum absolute atomic E-state index is 0.138. The SMILES string of the molecule is CC(O)(c1ccc(CO)cc1F)C(F)(F)F. The molecule has 0 aliphatic carbocycles. The zero-order chi connectivity index (χ0) is 12.6.